The molecule has 0 fully saturated rings. The fourth-order valence-electron chi connectivity index (χ4n) is 3.33. The Labute approximate surface area is 181 Å². The zero-order valence-corrected chi connectivity index (χ0v) is 17.6. The van der Waals surface area contributed by atoms with E-state index in [0.717, 1.165) is 15.7 Å². The molecule has 158 valence electrons. The van der Waals surface area contributed by atoms with Crippen molar-refractivity contribution in [3.05, 3.63) is 103 Å². The molecule has 1 amide bonds. The van der Waals surface area contributed by atoms with Crippen LogP contribution in [0.25, 0.3) is 10.2 Å². The van der Waals surface area contributed by atoms with Gasteiger partial charge in [-0.3, -0.25) is 18.7 Å². The number of hydrogen-bond donors (Lipinski definition) is 1. The second-order valence-electron chi connectivity index (χ2n) is 7.25. The molecule has 0 bridgehead atoms. The average Bonchev–Trinajstić information content (AvgIpc) is 3.25. The van der Waals surface area contributed by atoms with Crippen molar-refractivity contribution in [1.82, 2.24) is 14.5 Å². The maximum absolute atomic E-state index is 14.1. The molecule has 0 atom stereocenters. The molecular weight excluding hydrogens is 417 g/mol. The van der Waals surface area contributed by atoms with Crippen LogP contribution in [0.4, 0.5) is 4.39 Å². The lowest BCUT2D eigenvalue weighted by Gasteiger charge is -2.13. The first-order valence-electron chi connectivity index (χ1n) is 9.70. The van der Waals surface area contributed by atoms with Crippen LogP contribution >= 0.6 is 11.3 Å². The maximum atomic E-state index is 14.1. The van der Waals surface area contributed by atoms with Gasteiger partial charge < -0.3 is 5.32 Å². The smallest absolute Gasteiger partial charge is 0.332 e. The van der Waals surface area contributed by atoms with E-state index in [1.165, 1.54) is 28.0 Å². The molecule has 0 saturated heterocycles. The Morgan fingerprint density at radius 1 is 1.03 bits per heavy atom. The van der Waals surface area contributed by atoms with Crippen molar-refractivity contribution in [2.24, 2.45) is 0 Å². The molecule has 0 aliphatic carbocycles. The minimum Gasteiger partial charge on any atom is -0.350 e. The molecular formula is C23H20FN3O3S. The molecule has 0 aliphatic heterocycles. The van der Waals surface area contributed by atoms with Gasteiger partial charge in [0, 0.05) is 12.1 Å². The number of nitrogens with one attached hydrogen (secondary N) is 1. The number of fused-ring (bicyclic) bond motifs is 1. The van der Waals surface area contributed by atoms with Gasteiger partial charge in [0.1, 0.15) is 17.1 Å². The fourth-order valence-corrected chi connectivity index (χ4v) is 4.17. The molecule has 2 aromatic heterocycles. The summed E-state index contributed by atoms with van der Waals surface area (Å²) in [5, 5.41) is 4.50. The predicted octanol–water partition coefficient (Wildman–Crippen LogP) is 3.04. The van der Waals surface area contributed by atoms with Gasteiger partial charge in [0.15, 0.2) is 0 Å². The third-order valence-corrected chi connectivity index (χ3v) is 5.93. The van der Waals surface area contributed by atoms with Crippen LogP contribution < -0.4 is 16.6 Å². The second kappa shape index (κ2) is 8.69. The summed E-state index contributed by atoms with van der Waals surface area (Å²) in [6, 6.07) is 15.4. The van der Waals surface area contributed by atoms with Gasteiger partial charge in [-0.1, -0.05) is 48.0 Å². The van der Waals surface area contributed by atoms with Crippen LogP contribution in [0.5, 0.6) is 0 Å². The Bertz CT molecular complexity index is 1370. The standard InChI is InChI=1S/C23H20FN3O3S/c1-15-6-8-16(9-7-15)12-25-20(28)14-26-19-10-11-31-21(19)22(29)27(23(26)30)13-17-4-2-3-5-18(17)24/h2-11H,12-14H2,1H3,(H,25,28). The number of hydrogen-bond acceptors (Lipinski definition) is 4. The Balaban J connectivity index is 1.64. The van der Waals surface area contributed by atoms with Crippen LogP contribution in [0.15, 0.2) is 69.6 Å². The van der Waals surface area contributed by atoms with E-state index in [-0.39, 0.29) is 24.6 Å². The van der Waals surface area contributed by atoms with E-state index in [1.807, 2.05) is 31.2 Å². The third-order valence-electron chi connectivity index (χ3n) is 5.03. The van der Waals surface area contributed by atoms with Crippen molar-refractivity contribution in [2.45, 2.75) is 26.6 Å². The van der Waals surface area contributed by atoms with E-state index in [9.17, 15) is 18.8 Å². The molecule has 0 aliphatic rings. The number of aromatic nitrogens is 2. The monoisotopic (exact) mass is 437 g/mol. The topological polar surface area (TPSA) is 73.1 Å². The molecule has 0 radical (unpaired) electrons. The normalized spacial score (nSPS) is 11.0. The van der Waals surface area contributed by atoms with E-state index in [0.29, 0.717) is 16.8 Å². The maximum Gasteiger partial charge on any atom is 0.332 e. The highest BCUT2D eigenvalue weighted by atomic mass is 32.1. The molecule has 0 unspecified atom stereocenters. The van der Waals surface area contributed by atoms with E-state index < -0.39 is 17.1 Å². The Morgan fingerprint density at radius 2 is 1.77 bits per heavy atom. The summed E-state index contributed by atoms with van der Waals surface area (Å²) >= 11 is 1.19. The van der Waals surface area contributed by atoms with Crippen molar-refractivity contribution in [1.29, 1.82) is 0 Å². The van der Waals surface area contributed by atoms with Gasteiger partial charge in [-0.2, -0.15) is 0 Å². The SMILES string of the molecule is Cc1ccc(CNC(=O)Cn2c(=O)n(Cc3ccccc3F)c(=O)c3sccc32)cc1. The van der Waals surface area contributed by atoms with Crippen LogP contribution in [0.1, 0.15) is 16.7 Å². The van der Waals surface area contributed by atoms with E-state index in [4.69, 9.17) is 0 Å². The number of benzene rings is 2. The zero-order chi connectivity index (χ0) is 22.0. The Hall–Kier alpha value is -3.52. The van der Waals surface area contributed by atoms with Crippen LogP contribution in [0.3, 0.4) is 0 Å². The molecule has 31 heavy (non-hydrogen) atoms. The highest BCUT2D eigenvalue weighted by Crippen LogP contribution is 2.16. The quantitative estimate of drug-likeness (QED) is 0.504. The van der Waals surface area contributed by atoms with Crippen molar-refractivity contribution in [3.63, 3.8) is 0 Å². The number of carbonyl (C=O) groups excluding carboxylic acids is 1. The largest absolute Gasteiger partial charge is 0.350 e. The Kier molecular flexibility index (Phi) is 5.81. The first kappa shape index (κ1) is 20.7. The summed E-state index contributed by atoms with van der Waals surface area (Å²) in [4.78, 5) is 38.5. The van der Waals surface area contributed by atoms with Crippen LogP contribution in [0, 0.1) is 12.7 Å². The summed E-state index contributed by atoms with van der Waals surface area (Å²) in [6.45, 7) is 1.87. The van der Waals surface area contributed by atoms with Gasteiger partial charge in [-0.25, -0.2) is 9.18 Å². The fraction of sp³-hybridized carbons (Fsp3) is 0.174. The van der Waals surface area contributed by atoms with Gasteiger partial charge in [-0.05, 0) is 30.0 Å². The van der Waals surface area contributed by atoms with Crippen molar-refractivity contribution >= 4 is 27.5 Å². The molecule has 6 nitrogen and oxygen atoms in total. The predicted molar refractivity (Wildman–Crippen MR) is 119 cm³/mol. The zero-order valence-electron chi connectivity index (χ0n) is 16.8. The Morgan fingerprint density at radius 3 is 2.52 bits per heavy atom. The van der Waals surface area contributed by atoms with Crippen LogP contribution in [0.2, 0.25) is 0 Å². The summed E-state index contributed by atoms with van der Waals surface area (Å²) < 4.78 is 16.7. The van der Waals surface area contributed by atoms with Crippen molar-refractivity contribution in [3.8, 4) is 0 Å². The molecule has 8 heteroatoms. The second-order valence-corrected chi connectivity index (χ2v) is 8.16. The van der Waals surface area contributed by atoms with Gasteiger partial charge in [0.25, 0.3) is 5.56 Å². The lowest BCUT2D eigenvalue weighted by Crippen LogP contribution is -2.42. The van der Waals surface area contributed by atoms with Gasteiger partial charge in [0.2, 0.25) is 5.91 Å². The summed E-state index contributed by atoms with van der Waals surface area (Å²) in [6.07, 6.45) is 0. The first-order valence-corrected chi connectivity index (χ1v) is 10.6. The minimum absolute atomic E-state index is 0.205. The average molecular weight is 437 g/mol. The summed E-state index contributed by atoms with van der Waals surface area (Å²) in [5.74, 6) is -0.853. The molecule has 2 heterocycles. The highest BCUT2D eigenvalue weighted by Gasteiger charge is 2.17. The number of halogens is 1. The number of carbonyl (C=O) groups is 1. The first-order chi connectivity index (χ1) is 14.9. The summed E-state index contributed by atoms with van der Waals surface area (Å²) in [7, 11) is 0. The van der Waals surface area contributed by atoms with E-state index >= 15 is 0 Å². The van der Waals surface area contributed by atoms with Gasteiger partial charge >= 0.3 is 5.69 Å². The number of amides is 1. The molecule has 4 rings (SSSR count). The highest BCUT2D eigenvalue weighted by molar-refractivity contribution is 7.17. The van der Waals surface area contributed by atoms with Crippen molar-refractivity contribution < 1.29 is 9.18 Å². The lowest BCUT2D eigenvalue weighted by molar-refractivity contribution is -0.121. The van der Waals surface area contributed by atoms with Gasteiger partial charge in [-0.15, -0.1) is 11.3 Å². The molecule has 4 aromatic rings. The van der Waals surface area contributed by atoms with Crippen LogP contribution in [-0.2, 0) is 24.4 Å². The van der Waals surface area contributed by atoms with E-state index in [1.54, 1.807) is 23.6 Å². The molecule has 1 N–H and O–H groups in total. The number of nitrogens with zero attached hydrogens (tertiary/aromatic N) is 2. The van der Waals surface area contributed by atoms with Crippen LogP contribution in [-0.4, -0.2) is 15.0 Å². The molecule has 0 saturated carbocycles. The van der Waals surface area contributed by atoms with Crippen molar-refractivity contribution in [2.75, 3.05) is 0 Å². The van der Waals surface area contributed by atoms with Gasteiger partial charge in [0.05, 0.1) is 12.1 Å². The number of aryl methyl sites for hydroxylation is 1. The number of rotatable bonds is 6. The third kappa shape index (κ3) is 4.34. The summed E-state index contributed by atoms with van der Waals surface area (Å²) in [5.41, 5.74) is 1.55. The minimum atomic E-state index is -0.648. The number of thiophene rings is 1. The molecule has 2 aromatic carbocycles. The van der Waals surface area contributed by atoms with E-state index in [2.05, 4.69) is 5.32 Å². The lowest BCUT2D eigenvalue weighted by atomic mass is 10.1. The molecule has 0 spiro atoms.